The maximum atomic E-state index is 10.4. The summed E-state index contributed by atoms with van der Waals surface area (Å²) in [4.78, 5) is 6.01. The van der Waals surface area contributed by atoms with E-state index in [0.717, 1.165) is 99.8 Å². The molecule has 0 aliphatic carbocycles. The topological polar surface area (TPSA) is 24.5 Å². The van der Waals surface area contributed by atoms with Gasteiger partial charge < -0.3 is 28.4 Å². The number of para-hydroxylation sites is 5. The smallest absolute Gasteiger partial charge is 0.252 e. The van der Waals surface area contributed by atoms with Crippen LogP contribution in [0.2, 0.25) is 0 Å². The third-order valence-electron chi connectivity index (χ3n) is 24.2. The molecule has 0 bridgehead atoms. The van der Waals surface area contributed by atoms with Gasteiger partial charge in [-0.2, -0.15) is 0 Å². The molecule has 5 heterocycles. The van der Waals surface area contributed by atoms with Crippen LogP contribution < -0.4 is 31.1 Å². The van der Waals surface area contributed by atoms with Crippen molar-refractivity contribution in [2.45, 2.75) is 78.6 Å². The molecule has 17 aromatic carbocycles. The van der Waals surface area contributed by atoms with Crippen LogP contribution in [0.3, 0.4) is 0 Å². The van der Waals surface area contributed by atoms with E-state index in [2.05, 4.69) is 186 Å². The lowest BCUT2D eigenvalue weighted by Crippen LogP contribution is -2.61. The SMILES string of the molecule is [2H]c1c([2H])c([2H])c(N(c2ccc(-n3c4c([2H])c([2H])c([2H])c([2H])c4c4c([2H])c([2H])c([2H])c([2H])c43)cc2)c2ccc3c(c2)N(c2cc(-c4ccccc4)cc(-c4ccccc4)c2)c2cc(-n4c5c([2H])c([2H])c([2H])c([2H])c5c5c([2H])c([2H])c([2H])c([2H])c54)cc4c2B3c2ccc(-n3c5ccc(C(C)(C)C)cc5c5cc(C(C)(C)C)ccc53)cc2N4c2c(-c3ccccc3)cc(C(C)(C)C)cc2-c2ccccc2)c([2H])c1[2H]. The monoisotopic (exact) mass is 1580 g/mol. The van der Waals surface area contributed by atoms with Crippen molar-refractivity contribution in [1.82, 2.24) is 13.7 Å². The third kappa shape index (κ3) is 12.1. The zero-order valence-corrected chi connectivity index (χ0v) is 68.1. The minimum absolute atomic E-state index is 0.142. The van der Waals surface area contributed by atoms with E-state index >= 15 is 0 Å². The largest absolute Gasteiger partial charge is 0.311 e. The van der Waals surface area contributed by atoms with Crippen molar-refractivity contribution < 1.29 is 28.8 Å². The second-order valence-corrected chi connectivity index (χ2v) is 34.6. The van der Waals surface area contributed by atoms with Gasteiger partial charge >= 0.3 is 0 Å². The molecule has 0 spiro atoms. The van der Waals surface area contributed by atoms with Gasteiger partial charge in [-0.1, -0.05) is 299 Å². The quantitative estimate of drug-likeness (QED) is 0.114. The van der Waals surface area contributed by atoms with E-state index in [1.165, 1.54) is 4.57 Å². The molecule has 2 aliphatic heterocycles. The number of hydrogen-bond donors (Lipinski definition) is 0. The molecule has 2 aliphatic rings. The average molecular weight is 1580 g/mol. The number of benzene rings is 17. The zero-order chi connectivity index (χ0) is 100. The normalized spacial score (nSPS) is 15.2. The summed E-state index contributed by atoms with van der Waals surface area (Å²) < 4.78 is 206. The Bertz CT molecular complexity index is 8500. The van der Waals surface area contributed by atoms with Crippen LogP contribution in [0, 0.1) is 0 Å². The standard InChI is InChI=1S/C114H91BN6/c1-112(2,3)80-51-61-104-96(66-80)97-67-81(113(4,5)6)52-62-105(97)118(104)87-58-60-99-107(71-87)121(111-94(76-37-19-12-20-38-76)68-82(114(7,8)9)69-95(111)77-39-21-13-22-40-77)109-73-89(119-102-49-31-27-45-92(102)93-46-28-32-50-103(93)119)72-108-110(109)115(99)98-59-57-86(70-106(98)120(108)88-64-78(74-33-15-10-16-34-74)63-79(65-88)75-35-17-11-18-36-75)116(83-41-23-14-24-42-83)84-53-55-85(56-54-84)117-100-47-29-25-43-90(100)91-44-26-30-48-101(91)117/h10-73H,1-9H3/i14D,23D,24D,25D,26D,27D,28D,29D,30D,31D,32D,41D,42D,43D,44D,45D,46D,47D,48D,49D,50D. The summed E-state index contributed by atoms with van der Waals surface area (Å²) in [6.07, 6.45) is 0. The third-order valence-corrected chi connectivity index (χ3v) is 24.2. The lowest BCUT2D eigenvalue weighted by molar-refractivity contribution is 0.590. The Morgan fingerprint density at radius 1 is 0.256 bits per heavy atom. The number of hydrogen-bond acceptors (Lipinski definition) is 3. The van der Waals surface area contributed by atoms with Crippen LogP contribution in [0.25, 0.3) is 127 Å². The van der Waals surface area contributed by atoms with Crippen LogP contribution in [-0.4, -0.2) is 20.4 Å². The Labute approximate surface area is 737 Å². The van der Waals surface area contributed by atoms with E-state index in [4.69, 9.17) is 6.85 Å². The maximum Gasteiger partial charge on any atom is 0.252 e. The first kappa shape index (κ1) is 53.8. The summed E-state index contributed by atoms with van der Waals surface area (Å²) in [5, 5.41) is 1.48. The molecule has 121 heavy (non-hydrogen) atoms. The summed E-state index contributed by atoms with van der Waals surface area (Å²) in [7, 11) is 0. The number of aromatic nitrogens is 3. The summed E-state index contributed by atoms with van der Waals surface area (Å²) >= 11 is 0. The molecule has 0 unspecified atom stereocenters. The van der Waals surface area contributed by atoms with Crippen LogP contribution in [-0.2, 0) is 16.2 Å². The van der Waals surface area contributed by atoms with E-state index in [1.807, 2.05) is 127 Å². The van der Waals surface area contributed by atoms with Gasteiger partial charge in [0.15, 0.2) is 0 Å². The molecule has 0 saturated heterocycles. The van der Waals surface area contributed by atoms with Gasteiger partial charge in [-0.05, 0) is 234 Å². The highest BCUT2D eigenvalue weighted by Crippen LogP contribution is 2.55. The van der Waals surface area contributed by atoms with Gasteiger partial charge in [0, 0.05) is 100 Å². The molecule has 6 nitrogen and oxygen atoms in total. The van der Waals surface area contributed by atoms with E-state index in [0.29, 0.717) is 39.4 Å². The van der Waals surface area contributed by atoms with Crippen molar-refractivity contribution in [3.63, 3.8) is 0 Å². The number of anilines is 9. The summed E-state index contributed by atoms with van der Waals surface area (Å²) in [6, 6.07) is 74.8. The molecule has 7 heteroatoms. The second-order valence-electron chi connectivity index (χ2n) is 34.6. The van der Waals surface area contributed by atoms with Crippen molar-refractivity contribution >= 4 is 140 Å². The summed E-state index contributed by atoms with van der Waals surface area (Å²) in [5.74, 6) is 0. The second kappa shape index (κ2) is 28.2. The molecule has 0 N–H and O–H groups in total. The summed E-state index contributed by atoms with van der Waals surface area (Å²) in [6.45, 7) is 19.0. The predicted molar refractivity (Wildman–Crippen MR) is 516 cm³/mol. The van der Waals surface area contributed by atoms with Crippen molar-refractivity contribution in [3.05, 3.63) is 404 Å². The minimum atomic E-state index is -0.878. The van der Waals surface area contributed by atoms with Crippen LogP contribution >= 0.6 is 0 Å². The first-order chi connectivity index (χ1) is 67.6. The van der Waals surface area contributed by atoms with Crippen molar-refractivity contribution in [2.24, 2.45) is 0 Å². The minimum Gasteiger partial charge on any atom is -0.311 e. The molecular formula is C114H91BN6. The molecule has 20 aromatic rings. The van der Waals surface area contributed by atoms with Gasteiger partial charge in [0.25, 0.3) is 6.71 Å². The Balaban J connectivity index is 0.933. The van der Waals surface area contributed by atoms with Gasteiger partial charge in [-0.25, -0.2) is 0 Å². The van der Waals surface area contributed by atoms with Gasteiger partial charge in [0.2, 0.25) is 0 Å². The highest BCUT2D eigenvalue weighted by atomic mass is 15.2. The van der Waals surface area contributed by atoms with E-state index in [1.54, 1.807) is 33.7 Å². The molecule has 0 saturated carbocycles. The van der Waals surface area contributed by atoms with Crippen LogP contribution in [0.4, 0.5) is 51.2 Å². The van der Waals surface area contributed by atoms with Gasteiger partial charge in [-0.3, -0.25) is 0 Å². The fourth-order valence-corrected chi connectivity index (χ4v) is 18.3. The van der Waals surface area contributed by atoms with E-state index in [-0.39, 0.29) is 82.9 Å². The summed E-state index contributed by atoms with van der Waals surface area (Å²) in [5.41, 5.74) is 16.9. The lowest BCUT2D eigenvalue weighted by Gasteiger charge is -2.46. The molecule has 22 rings (SSSR count). The fourth-order valence-electron chi connectivity index (χ4n) is 18.3. The first-order valence-electron chi connectivity index (χ1n) is 51.3. The molecule has 0 fully saturated rings. The van der Waals surface area contributed by atoms with Crippen LogP contribution in [0.15, 0.2) is 388 Å². The van der Waals surface area contributed by atoms with Gasteiger partial charge in [0.1, 0.15) is 0 Å². The van der Waals surface area contributed by atoms with Crippen LogP contribution in [0.5, 0.6) is 0 Å². The van der Waals surface area contributed by atoms with Crippen molar-refractivity contribution in [1.29, 1.82) is 0 Å². The Morgan fingerprint density at radius 3 is 1.12 bits per heavy atom. The van der Waals surface area contributed by atoms with Crippen molar-refractivity contribution in [2.75, 3.05) is 14.7 Å². The fraction of sp³-hybridized carbons (Fsp3) is 0.105. The van der Waals surface area contributed by atoms with Crippen molar-refractivity contribution in [3.8, 4) is 61.6 Å². The molecule has 0 atom stereocenters. The number of fused-ring (bicyclic) bond motifs is 13. The predicted octanol–water partition coefficient (Wildman–Crippen LogP) is 29.1. The molecular weight excluding hydrogens is 1460 g/mol. The highest BCUT2D eigenvalue weighted by Gasteiger charge is 2.46. The van der Waals surface area contributed by atoms with Gasteiger partial charge in [-0.15, -0.1) is 0 Å². The van der Waals surface area contributed by atoms with Gasteiger partial charge in [0.05, 0.1) is 73.3 Å². The molecule has 0 radical (unpaired) electrons. The molecule has 580 valence electrons. The Hall–Kier alpha value is -14.4. The first-order valence-corrected chi connectivity index (χ1v) is 40.8. The Kier molecular flexibility index (Phi) is 12.5. The zero-order valence-electron chi connectivity index (χ0n) is 89.1. The highest BCUT2D eigenvalue weighted by molar-refractivity contribution is 7.00. The van der Waals surface area contributed by atoms with E-state index in [9.17, 15) is 21.9 Å². The lowest BCUT2D eigenvalue weighted by atomic mass is 9.33. The molecule has 0 amide bonds. The molecule has 3 aromatic heterocycles. The average Bonchev–Trinajstić information content (AvgIpc) is 1.08. The maximum absolute atomic E-state index is 10.4. The number of nitrogens with zero attached hydrogens (tertiary/aromatic N) is 6. The number of rotatable bonds is 12. The Morgan fingerprint density at radius 2 is 0.645 bits per heavy atom. The van der Waals surface area contributed by atoms with E-state index < -0.39 is 139 Å². The van der Waals surface area contributed by atoms with Crippen LogP contribution in [0.1, 0.15) is 108 Å².